The van der Waals surface area contributed by atoms with Gasteiger partial charge in [0.2, 0.25) is 0 Å². The normalized spacial score (nSPS) is 18.6. The van der Waals surface area contributed by atoms with Gasteiger partial charge >= 0.3 is 5.97 Å². The van der Waals surface area contributed by atoms with Gasteiger partial charge in [-0.2, -0.15) is 5.10 Å². The Morgan fingerprint density at radius 2 is 2.40 bits per heavy atom. The van der Waals surface area contributed by atoms with Gasteiger partial charge in [0, 0.05) is 12.4 Å². The molecule has 20 heavy (non-hydrogen) atoms. The topological polar surface area (TPSA) is 44.1 Å². The van der Waals surface area contributed by atoms with Crippen LogP contribution < -0.4 is 0 Å². The fraction of sp³-hybridized carbons (Fsp3) is 0.467. The zero-order valence-electron chi connectivity index (χ0n) is 11.8. The number of thiophene rings is 1. The Hall–Kier alpha value is -1.62. The molecule has 1 aliphatic rings. The summed E-state index contributed by atoms with van der Waals surface area (Å²) in [5.74, 6) is 0.266. The molecule has 1 atom stereocenters. The first kappa shape index (κ1) is 13.4. The van der Waals surface area contributed by atoms with Gasteiger partial charge in [0.25, 0.3) is 0 Å². The first-order chi connectivity index (χ1) is 9.65. The predicted molar refractivity (Wildman–Crippen MR) is 80.1 cm³/mol. The highest BCUT2D eigenvalue weighted by molar-refractivity contribution is 7.20. The van der Waals surface area contributed by atoms with Gasteiger partial charge in [-0.15, -0.1) is 11.3 Å². The summed E-state index contributed by atoms with van der Waals surface area (Å²) < 4.78 is 7.27. The van der Waals surface area contributed by atoms with Crippen molar-refractivity contribution in [2.45, 2.75) is 26.2 Å². The van der Waals surface area contributed by atoms with Gasteiger partial charge in [0.05, 0.1) is 12.3 Å². The van der Waals surface area contributed by atoms with Crippen molar-refractivity contribution in [2.75, 3.05) is 6.61 Å². The summed E-state index contributed by atoms with van der Waals surface area (Å²) in [6.07, 6.45) is 7.59. The number of rotatable bonds is 3. The standard InChI is InChI=1S/C15H18N2O2S/c1-10-12-8-13(20-14(12)17(2)16-10)15(18)19-9-11-6-4-3-5-7-11/h3-4,8,11H,5-7,9H2,1-2H3. The number of hydrogen-bond donors (Lipinski definition) is 0. The number of aryl methyl sites for hydroxylation is 2. The molecule has 4 nitrogen and oxygen atoms in total. The number of fused-ring (bicyclic) bond motifs is 1. The fourth-order valence-electron chi connectivity index (χ4n) is 2.58. The molecule has 0 aromatic carbocycles. The Labute approximate surface area is 122 Å². The first-order valence-corrected chi connectivity index (χ1v) is 7.72. The van der Waals surface area contributed by atoms with Crippen molar-refractivity contribution in [3.8, 4) is 0 Å². The van der Waals surface area contributed by atoms with E-state index in [1.165, 1.54) is 11.3 Å². The summed E-state index contributed by atoms with van der Waals surface area (Å²) in [5, 5.41) is 5.38. The van der Waals surface area contributed by atoms with Gasteiger partial charge in [-0.05, 0) is 38.2 Å². The molecule has 2 aromatic heterocycles. The summed E-state index contributed by atoms with van der Waals surface area (Å²) in [4.78, 5) is 13.8. The van der Waals surface area contributed by atoms with Gasteiger partial charge in [0.1, 0.15) is 9.71 Å². The van der Waals surface area contributed by atoms with Crippen LogP contribution in [0.3, 0.4) is 0 Å². The Bertz CT molecular complexity index is 634. The smallest absolute Gasteiger partial charge is 0.348 e. The highest BCUT2D eigenvalue weighted by atomic mass is 32.1. The average Bonchev–Trinajstić information content (AvgIpc) is 3.00. The molecule has 0 bridgehead atoms. The van der Waals surface area contributed by atoms with Crippen LogP contribution in [0.5, 0.6) is 0 Å². The maximum atomic E-state index is 12.1. The quantitative estimate of drug-likeness (QED) is 0.642. The lowest BCUT2D eigenvalue weighted by Gasteiger charge is -2.16. The molecule has 1 aliphatic carbocycles. The number of nitrogens with zero attached hydrogens (tertiary/aromatic N) is 2. The number of carbonyl (C=O) groups excluding carboxylic acids is 1. The molecule has 0 N–H and O–H groups in total. The SMILES string of the molecule is Cc1nn(C)c2sc(C(=O)OCC3CC=CCC3)cc12. The van der Waals surface area contributed by atoms with E-state index >= 15 is 0 Å². The van der Waals surface area contributed by atoms with Crippen LogP contribution in [0.25, 0.3) is 10.2 Å². The van der Waals surface area contributed by atoms with Crippen molar-refractivity contribution >= 4 is 27.5 Å². The summed E-state index contributed by atoms with van der Waals surface area (Å²) >= 11 is 1.45. The molecule has 2 heterocycles. The molecule has 0 amide bonds. The van der Waals surface area contributed by atoms with Gasteiger partial charge in [-0.25, -0.2) is 4.79 Å². The molecule has 0 aliphatic heterocycles. The van der Waals surface area contributed by atoms with Crippen LogP contribution in [0.2, 0.25) is 0 Å². The number of allylic oxidation sites excluding steroid dienone is 2. The maximum absolute atomic E-state index is 12.1. The van der Waals surface area contributed by atoms with Crippen molar-refractivity contribution in [1.82, 2.24) is 9.78 Å². The van der Waals surface area contributed by atoms with E-state index in [9.17, 15) is 4.79 Å². The van der Waals surface area contributed by atoms with Gasteiger partial charge in [-0.3, -0.25) is 4.68 Å². The Morgan fingerprint density at radius 3 is 3.10 bits per heavy atom. The predicted octanol–water partition coefficient (Wildman–Crippen LogP) is 3.46. The molecule has 106 valence electrons. The highest BCUT2D eigenvalue weighted by Gasteiger charge is 2.18. The highest BCUT2D eigenvalue weighted by Crippen LogP contribution is 2.28. The van der Waals surface area contributed by atoms with Crippen molar-refractivity contribution < 1.29 is 9.53 Å². The number of carbonyl (C=O) groups is 1. The molecule has 0 saturated heterocycles. The molecular formula is C15H18N2O2S. The van der Waals surface area contributed by atoms with E-state index < -0.39 is 0 Å². The zero-order chi connectivity index (χ0) is 14.1. The average molecular weight is 290 g/mol. The molecule has 0 saturated carbocycles. The first-order valence-electron chi connectivity index (χ1n) is 6.90. The van der Waals surface area contributed by atoms with Crippen LogP contribution in [-0.2, 0) is 11.8 Å². The van der Waals surface area contributed by atoms with Crippen LogP contribution in [0.15, 0.2) is 18.2 Å². The Morgan fingerprint density at radius 1 is 1.55 bits per heavy atom. The Kier molecular flexibility index (Phi) is 3.61. The minimum absolute atomic E-state index is 0.208. The summed E-state index contributed by atoms with van der Waals surface area (Å²) in [6, 6.07) is 1.89. The Balaban J connectivity index is 1.69. The lowest BCUT2D eigenvalue weighted by molar-refractivity contribution is 0.0438. The van der Waals surface area contributed by atoms with Gasteiger partial charge < -0.3 is 4.74 Å². The van der Waals surface area contributed by atoms with Crippen LogP contribution in [-0.4, -0.2) is 22.4 Å². The van der Waals surface area contributed by atoms with Crippen LogP contribution in [0.4, 0.5) is 0 Å². The molecular weight excluding hydrogens is 272 g/mol. The van der Waals surface area contributed by atoms with E-state index in [4.69, 9.17) is 4.74 Å². The molecule has 1 unspecified atom stereocenters. The van der Waals surface area contributed by atoms with E-state index in [0.29, 0.717) is 17.4 Å². The van der Waals surface area contributed by atoms with E-state index in [2.05, 4.69) is 17.3 Å². The third-order valence-corrected chi connectivity index (χ3v) is 4.91. The molecule has 3 rings (SSSR count). The van der Waals surface area contributed by atoms with E-state index in [1.807, 2.05) is 24.7 Å². The monoisotopic (exact) mass is 290 g/mol. The summed E-state index contributed by atoms with van der Waals surface area (Å²) in [7, 11) is 1.90. The minimum Gasteiger partial charge on any atom is -0.461 e. The minimum atomic E-state index is -0.208. The number of ether oxygens (including phenoxy) is 1. The van der Waals surface area contributed by atoms with Crippen molar-refractivity contribution in [3.05, 3.63) is 28.8 Å². The molecule has 0 fully saturated rings. The summed E-state index contributed by atoms with van der Waals surface area (Å²) in [6.45, 7) is 2.48. The van der Waals surface area contributed by atoms with Crippen LogP contribution >= 0.6 is 11.3 Å². The third-order valence-electron chi connectivity index (χ3n) is 3.73. The number of esters is 1. The number of aromatic nitrogens is 2. The lowest BCUT2D eigenvalue weighted by Crippen LogP contribution is -2.14. The molecule has 0 spiro atoms. The summed E-state index contributed by atoms with van der Waals surface area (Å²) in [5.41, 5.74) is 0.954. The number of hydrogen-bond acceptors (Lipinski definition) is 4. The van der Waals surface area contributed by atoms with Gasteiger partial charge in [0.15, 0.2) is 0 Å². The molecule has 0 radical (unpaired) electrons. The second-order valence-electron chi connectivity index (χ2n) is 5.29. The largest absolute Gasteiger partial charge is 0.461 e. The van der Waals surface area contributed by atoms with Crippen LogP contribution in [0.1, 0.15) is 34.6 Å². The van der Waals surface area contributed by atoms with E-state index in [-0.39, 0.29) is 5.97 Å². The van der Waals surface area contributed by atoms with Gasteiger partial charge in [-0.1, -0.05) is 12.2 Å². The van der Waals surface area contributed by atoms with E-state index in [1.54, 1.807) is 0 Å². The van der Waals surface area contributed by atoms with Crippen molar-refractivity contribution in [1.29, 1.82) is 0 Å². The second kappa shape index (κ2) is 5.40. The van der Waals surface area contributed by atoms with Crippen LogP contribution in [0, 0.1) is 12.8 Å². The zero-order valence-corrected chi connectivity index (χ0v) is 12.6. The third kappa shape index (κ3) is 2.50. The molecule has 2 aromatic rings. The molecule has 5 heteroatoms. The fourth-order valence-corrected chi connectivity index (χ4v) is 3.60. The lowest BCUT2D eigenvalue weighted by atomic mass is 9.95. The van der Waals surface area contributed by atoms with Crippen molar-refractivity contribution in [2.24, 2.45) is 13.0 Å². The van der Waals surface area contributed by atoms with E-state index in [0.717, 1.165) is 35.2 Å². The second-order valence-corrected chi connectivity index (χ2v) is 6.32. The van der Waals surface area contributed by atoms with Crippen molar-refractivity contribution in [3.63, 3.8) is 0 Å². The maximum Gasteiger partial charge on any atom is 0.348 e.